The van der Waals surface area contributed by atoms with Gasteiger partial charge in [0.1, 0.15) is 17.6 Å². The minimum atomic E-state index is -1.19. The van der Waals surface area contributed by atoms with E-state index in [-0.39, 0.29) is 22.0 Å². The second-order valence-electron chi connectivity index (χ2n) is 7.75. The van der Waals surface area contributed by atoms with Crippen LogP contribution in [0.2, 0.25) is 0 Å². The molecule has 1 unspecified atom stereocenters. The Labute approximate surface area is 192 Å². The number of Topliss-reactive ketones (excluding diaryl/α,β-unsaturated/α-hetero) is 1. The van der Waals surface area contributed by atoms with Crippen LogP contribution in [0.4, 0.5) is 9.52 Å². The van der Waals surface area contributed by atoms with Crippen molar-refractivity contribution in [1.29, 1.82) is 0 Å². The highest BCUT2D eigenvalue weighted by molar-refractivity contribution is 7.22. The van der Waals surface area contributed by atoms with E-state index in [1.165, 1.54) is 40.5 Å². The fraction of sp³-hybridized carbons (Fsp3) is 0.160. The number of carbonyl (C=O) groups excluding carboxylic acids is 2. The third-order valence-corrected chi connectivity index (χ3v) is 6.69. The molecule has 0 fully saturated rings. The van der Waals surface area contributed by atoms with Crippen molar-refractivity contribution in [2.24, 2.45) is 0 Å². The number of amides is 1. The molecule has 166 valence electrons. The van der Waals surface area contributed by atoms with Gasteiger partial charge in [-0.3, -0.25) is 14.5 Å². The van der Waals surface area contributed by atoms with Crippen LogP contribution in [0.5, 0.6) is 0 Å². The van der Waals surface area contributed by atoms with Crippen LogP contribution < -0.4 is 4.90 Å². The highest BCUT2D eigenvalue weighted by atomic mass is 32.1. The molecule has 0 bridgehead atoms. The van der Waals surface area contributed by atoms with Gasteiger partial charge in [-0.25, -0.2) is 9.37 Å². The number of hydrogen-bond donors (Lipinski definition) is 1. The van der Waals surface area contributed by atoms with Gasteiger partial charge in [0.25, 0.3) is 5.91 Å². The Balaban J connectivity index is 1.69. The highest BCUT2D eigenvalue weighted by Gasteiger charge is 2.47. The Morgan fingerprint density at radius 3 is 2.70 bits per heavy atom. The number of nitrogens with zero attached hydrogens (tertiary/aromatic N) is 2. The highest BCUT2D eigenvalue weighted by Crippen LogP contribution is 2.44. The minimum Gasteiger partial charge on any atom is -0.503 e. The van der Waals surface area contributed by atoms with Crippen molar-refractivity contribution in [3.8, 4) is 0 Å². The number of rotatable bonds is 5. The predicted octanol–water partition coefficient (Wildman–Crippen LogP) is 5.68. The Morgan fingerprint density at radius 2 is 2.00 bits per heavy atom. The molecule has 3 heterocycles. The predicted molar refractivity (Wildman–Crippen MR) is 123 cm³/mol. The first-order chi connectivity index (χ1) is 15.9. The second-order valence-corrected chi connectivity index (χ2v) is 8.76. The number of fused-ring (bicyclic) bond motifs is 1. The summed E-state index contributed by atoms with van der Waals surface area (Å²) in [4.78, 5) is 32.3. The average Bonchev–Trinajstić information content (AvgIpc) is 3.49. The lowest BCUT2D eigenvalue weighted by Crippen LogP contribution is -2.31. The van der Waals surface area contributed by atoms with E-state index in [0.717, 1.165) is 16.7 Å². The standard InChI is InChI=1S/C25H19FN2O4S/c1-3-14-9-10-17-19(12-14)33-25(27-17)28-21(15-6-4-5-7-16(15)26)20(23(30)24(28)31)22(29)18-11-8-13(2)32-18/h4-12,21,30H,3H2,1-2H3. The number of carbonyl (C=O) groups is 2. The molecule has 2 aromatic carbocycles. The van der Waals surface area contributed by atoms with E-state index in [9.17, 15) is 19.1 Å². The third-order valence-electron chi connectivity index (χ3n) is 5.67. The molecule has 0 spiro atoms. The summed E-state index contributed by atoms with van der Waals surface area (Å²) in [6, 6.07) is 13.5. The smallest absolute Gasteiger partial charge is 0.296 e. The first-order valence-corrected chi connectivity index (χ1v) is 11.2. The normalized spacial score (nSPS) is 16.3. The van der Waals surface area contributed by atoms with Crippen molar-refractivity contribution in [2.45, 2.75) is 26.3 Å². The topological polar surface area (TPSA) is 83.6 Å². The molecule has 1 aliphatic heterocycles. The van der Waals surface area contributed by atoms with Gasteiger partial charge in [0, 0.05) is 5.56 Å². The zero-order chi connectivity index (χ0) is 23.3. The number of anilines is 1. The lowest BCUT2D eigenvalue weighted by Gasteiger charge is -2.24. The van der Waals surface area contributed by atoms with Crippen LogP contribution in [0.3, 0.4) is 0 Å². The number of aliphatic hydroxyl groups is 1. The Bertz CT molecular complexity index is 1450. The van der Waals surface area contributed by atoms with Gasteiger partial charge < -0.3 is 9.52 Å². The Kier molecular flexibility index (Phi) is 5.09. The van der Waals surface area contributed by atoms with Crippen molar-refractivity contribution in [3.05, 3.63) is 94.4 Å². The van der Waals surface area contributed by atoms with Crippen molar-refractivity contribution in [1.82, 2.24) is 4.98 Å². The van der Waals surface area contributed by atoms with Crippen molar-refractivity contribution in [2.75, 3.05) is 4.90 Å². The summed E-state index contributed by atoms with van der Waals surface area (Å²) in [6.45, 7) is 3.72. The molecule has 1 aliphatic rings. The zero-order valence-electron chi connectivity index (χ0n) is 17.8. The summed E-state index contributed by atoms with van der Waals surface area (Å²) in [5.74, 6) is -2.38. The molecule has 1 atom stereocenters. The molecule has 8 heteroatoms. The van der Waals surface area contributed by atoms with E-state index in [4.69, 9.17) is 4.42 Å². The molecule has 2 aromatic heterocycles. The van der Waals surface area contributed by atoms with Crippen LogP contribution in [0.25, 0.3) is 10.2 Å². The molecule has 1 amide bonds. The first kappa shape index (κ1) is 21.1. The molecule has 4 aromatic rings. The number of aromatic nitrogens is 1. The fourth-order valence-corrected chi connectivity index (χ4v) is 5.05. The van der Waals surface area contributed by atoms with Gasteiger partial charge in [-0.15, -0.1) is 0 Å². The molecule has 33 heavy (non-hydrogen) atoms. The number of aliphatic hydroxyl groups excluding tert-OH is 1. The summed E-state index contributed by atoms with van der Waals surface area (Å²) >= 11 is 1.25. The quantitative estimate of drug-likeness (QED) is 0.386. The number of thiazole rings is 1. The van der Waals surface area contributed by atoms with E-state index in [0.29, 0.717) is 11.3 Å². The van der Waals surface area contributed by atoms with Gasteiger partial charge in [0.15, 0.2) is 16.7 Å². The second kappa shape index (κ2) is 7.97. The molecular formula is C25H19FN2O4S. The average molecular weight is 463 g/mol. The van der Waals surface area contributed by atoms with E-state index in [2.05, 4.69) is 4.98 Å². The van der Waals surface area contributed by atoms with Crippen LogP contribution in [0.15, 0.2) is 70.3 Å². The summed E-state index contributed by atoms with van der Waals surface area (Å²) in [5, 5.41) is 11.1. The summed E-state index contributed by atoms with van der Waals surface area (Å²) in [6.07, 6.45) is 0.841. The van der Waals surface area contributed by atoms with Gasteiger partial charge in [-0.05, 0) is 49.2 Å². The zero-order valence-corrected chi connectivity index (χ0v) is 18.6. The molecule has 0 saturated carbocycles. The largest absolute Gasteiger partial charge is 0.503 e. The number of halogens is 1. The van der Waals surface area contributed by atoms with Crippen LogP contribution in [0.1, 0.15) is 40.4 Å². The monoisotopic (exact) mass is 462 g/mol. The summed E-state index contributed by atoms with van der Waals surface area (Å²) in [5.41, 5.74) is 1.62. The van der Waals surface area contributed by atoms with Gasteiger partial charge in [-0.1, -0.05) is 42.5 Å². The first-order valence-electron chi connectivity index (χ1n) is 10.4. The molecule has 0 saturated heterocycles. The number of hydrogen-bond acceptors (Lipinski definition) is 6. The maximum absolute atomic E-state index is 14.9. The molecular weight excluding hydrogens is 443 g/mol. The molecule has 6 nitrogen and oxygen atoms in total. The molecule has 0 radical (unpaired) electrons. The van der Waals surface area contributed by atoms with Gasteiger partial charge in [0.2, 0.25) is 5.78 Å². The van der Waals surface area contributed by atoms with Gasteiger partial charge in [-0.2, -0.15) is 0 Å². The Morgan fingerprint density at radius 1 is 1.21 bits per heavy atom. The van der Waals surface area contributed by atoms with Crippen molar-refractivity contribution < 1.29 is 23.5 Å². The number of benzene rings is 2. The van der Waals surface area contributed by atoms with E-state index in [1.54, 1.807) is 19.1 Å². The van der Waals surface area contributed by atoms with E-state index < -0.39 is 29.3 Å². The lowest BCUT2D eigenvalue weighted by atomic mass is 9.95. The summed E-state index contributed by atoms with van der Waals surface area (Å²) < 4.78 is 21.2. The number of furan rings is 1. The van der Waals surface area contributed by atoms with Crippen LogP contribution >= 0.6 is 11.3 Å². The summed E-state index contributed by atoms with van der Waals surface area (Å²) in [7, 11) is 0. The van der Waals surface area contributed by atoms with Gasteiger partial charge in [0.05, 0.1) is 15.8 Å². The number of ketones is 1. The minimum absolute atomic E-state index is 0.0399. The van der Waals surface area contributed by atoms with E-state index >= 15 is 0 Å². The Hall–Kier alpha value is -3.78. The van der Waals surface area contributed by atoms with E-state index in [1.807, 2.05) is 25.1 Å². The molecule has 0 aliphatic carbocycles. The van der Waals surface area contributed by atoms with Crippen molar-refractivity contribution in [3.63, 3.8) is 0 Å². The van der Waals surface area contributed by atoms with Crippen molar-refractivity contribution >= 4 is 38.4 Å². The molecule has 1 N–H and O–H groups in total. The molecule has 5 rings (SSSR count). The van der Waals surface area contributed by atoms with Crippen LogP contribution in [-0.4, -0.2) is 21.8 Å². The van der Waals surface area contributed by atoms with Gasteiger partial charge >= 0.3 is 0 Å². The lowest BCUT2D eigenvalue weighted by molar-refractivity contribution is -0.117. The maximum Gasteiger partial charge on any atom is 0.296 e. The third kappa shape index (κ3) is 3.43. The number of aryl methyl sites for hydroxylation is 2. The maximum atomic E-state index is 14.9. The van der Waals surface area contributed by atoms with Crippen LogP contribution in [0, 0.1) is 12.7 Å². The SMILES string of the molecule is CCc1ccc2nc(N3C(=O)C(O)=C(C(=O)c4ccc(C)o4)C3c3ccccc3F)sc2c1. The fourth-order valence-electron chi connectivity index (χ4n) is 3.99. The van der Waals surface area contributed by atoms with Crippen LogP contribution in [-0.2, 0) is 11.2 Å².